The van der Waals surface area contributed by atoms with Crippen LogP contribution in [0, 0.1) is 6.92 Å². The summed E-state index contributed by atoms with van der Waals surface area (Å²) in [7, 11) is 0. The molecule has 3 atom stereocenters. The summed E-state index contributed by atoms with van der Waals surface area (Å²) in [6.45, 7) is 2.05. The Hall–Kier alpha value is -3.37. The normalized spacial score (nSPS) is 22.5. The number of hydrogen-bond acceptors (Lipinski definition) is 7. The molecular weight excluding hydrogens is 394 g/mol. The van der Waals surface area contributed by atoms with Crippen LogP contribution >= 0.6 is 0 Å². The maximum atomic E-state index is 12.1. The Labute approximate surface area is 170 Å². The summed E-state index contributed by atoms with van der Waals surface area (Å²) in [6.07, 6.45) is 1.88. The quantitative estimate of drug-likeness (QED) is 0.590. The summed E-state index contributed by atoms with van der Waals surface area (Å²) in [5.41, 5.74) is 0.125. The molecule has 0 spiro atoms. The molecule has 30 heavy (non-hydrogen) atoms. The number of aryl methyl sites for hydroxylation is 1. The van der Waals surface area contributed by atoms with Crippen LogP contribution < -0.4 is 26.0 Å². The summed E-state index contributed by atoms with van der Waals surface area (Å²) in [5, 5.41) is 13.0. The summed E-state index contributed by atoms with van der Waals surface area (Å²) < 4.78 is 17.5. The predicted molar refractivity (Wildman–Crippen MR) is 104 cm³/mol. The van der Waals surface area contributed by atoms with Gasteiger partial charge in [0.15, 0.2) is 11.5 Å². The van der Waals surface area contributed by atoms with Crippen molar-refractivity contribution in [3.8, 4) is 11.5 Å². The number of nitrogens with zero attached hydrogens (tertiary/aromatic N) is 1. The minimum Gasteiger partial charge on any atom is -0.454 e. The molecule has 3 heterocycles. The van der Waals surface area contributed by atoms with E-state index in [4.69, 9.17) is 14.2 Å². The third-order valence-electron chi connectivity index (χ3n) is 4.93. The van der Waals surface area contributed by atoms with Crippen molar-refractivity contribution in [1.82, 2.24) is 14.9 Å². The van der Waals surface area contributed by atoms with E-state index in [9.17, 15) is 19.5 Å². The highest BCUT2D eigenvalue weighted by Crippen LogP contribution is 2.32. The summed E-state index contributed by atoms with van der Waals surface area (Å²) in [6, 6.07) is 5.41. The summed E-state index contributed by atoms with van der Waals surface area (Å²) >= 11 is 0. The number of benzene rings is 1. The third kappa shape index (κ3) is 4.14. The predicted octanol–water partition coefficient (Wildman–Crippen LogP) is 0.0947. The zero-order valence-corrected chi connectivity index (χ0v) is 16.2. The number of aromatic amines is 1. The second kappa shape index (κ2) is 8.17. The van der Waals surface area contributed by atoms with Crippen molar-refractivity contribution in [1.29, 1.82) is 0 Å². The number of amides is 1. The minimum atomic E-state index is -0.896. The Morgan fingerprint density at radius 3 is 2.97 bits per heavy atom. The van der Waals surface area contributed by atoms with Gasteiger partial charge in [0.2, 0.25) is 12.7 Å². The number of nitrogens with one attached hydrogen (secondary N) is 2. The molecule has 0 saturated carbocycles. The third-order valence-corrected chi connectivity index (χ3v) is 4.93. The van der Waals surface area contributed by atoms with Crippen LogP contribution in [0.5, 0.6) is 11.5 Å². The number of H-pyrrole nitrogens is 1. The van der Waals surface area contributed by atoms with E-state index in [1.165, 1.54) is 22.9 Å². The molecule has 0 unspecified atom stereocenters. The Bertz CT molecular complexity index is 1100. The van der Waals surface area contributed by atoms with Crippen LogP contribution in [0.4, 0.5) is 0 Å². The first-order valence-electron chi connectivity index (χ1n) is 9.41. The van der Waals surface area contributed by atoms with Gasteiger partial charge in [0.25, 0.3) is 5.56 Å². The smallest absolute Gasteiger partial charge is 0.330 e. The Kier molecular flexibility index (Phi) is 5.42. The molecule has 1 aromatic carbocycles. The molecule has 2 aliphatic rings. The van der Waals surface area contributed by atoms with Crippen LogP contribution in [0.1, 0.15) is 23.8 Å². The zero-order chi connectivity index (χ0) is 21.3. The van der Waals surface area contributed by atoms with Crippen molar-refractivity contribution in [3.63, 3.8) is 0 Å². The Morgan fingerprint density at radius 2 is 2.13 bits per heavy atom. The molecule has 1 amide bonds. The van der Waals surface area contributed by atoms with E-state index in [0.717, 1.165) is 5.56 Å². The average Bonchev–Trinajstić information content (AvgIpc) is 3.33. The highest BCUT2D eigenvalue weighted by Gasteiger charge is 2.34. The number of hydrogen-bond donors (Lipinski definition) is 3. The van der Waals surface area contributed by atoms with Crippen molar-refractivity contribution < 1.29 is 24.1 Å². The number of carbonyl (C=O) groups is 1. The maximum Gasteiger partial charge on any atom is 0.330 e. The van der Waals surface area contributed by atoms with Crippen LogP contribution in [0.25, 0.3) is 0 Å². The largest absolute Gasteiger partial charge is 0.454 e. The van der Waals surface area contributed by atoms with Gasteiger partial charge in [-0.15, -0.1) is 0 Å². The molecule has 2 aliphatic heterocycles. The van der Waals surface area contributed by atoms with Gasteiger partial charge >= 0.3 is 5.69 Å². The van der Waals surface area contributed by atoms with Gasteiger partial charge in [-0.05, 0) is 30.7 Å². The average molecular weight is 415 g/mol. The molecule has 10 heteroatoms. The van der Waals surface area contributed by atoms with Crippen LogP contribution in [0.3, 0.4) is 0 Å². The first kappa shape index (κ1) is 19.9. The van der Waals surface area contributed by atoms with Crippen LogP contribution in [-0.2, 0) is 16.1 Å². The van der Waals surface area contributed by atoms with Crippen LogP contribution in [-0.4, -0.2) is 39.6 Å². The number of carbonyl (C=O) groups excluding carboxylic acids is 1. The second-order valence-corrected chi connectivity index (χ2v) is 7.10. The monoisotopic (exact) mass is 415 g/mol. The van der Waals surface area contributed by atoms with Crippen molar-refractivity contribution in [2.45, 2.75) is 38.3 Å². The molecule has 0 bridgehead atoms. The van der Waals surface area contributed by atoms with Crippen molar-refractivity contribution in [3.05, 3.63) is 68.5 Å². The van der Waals surface area contributed by atoms with Crippen molar-refractivity contribution in [2.75, 3.05) is 6.79 Å². The van der Waals surface area contributed by atoms with Gasteiger partial charge in [0.05, 0.1) is 6.10 Å². The molecule has 0 radical (unpaired) electrons. The highest BCUT2D eigenvalue weighted by molar-refractivity contribution is 5.87. The molecule has 10 nitrogen and oxygen atoms in total. The van der Waals surface area contributed by atoms with Gasteiger partial charge < -0.3 is 24.6 Å². The molecule has 2 aromatic rings. The molecule has 1 aromatic heterocycles. The Balaban J connectivity index is 1.34. The SMILES string of the molecule is Cc1cn([C@H]2C[C@H](O)[C@@H](/C=C/C(=O)NCc3ccc4c(c3)OCO4)O2)c(=O)[nH]c1=O. The van der Waals surface area contributed by atoms with Gasteiger partial charge in [-0.3, -0.25) is 19.1 Å². The lowest BCUT2D eigenvalue weighted by Crippen LogP contribution is -2.33. The van der Waals surface area contributed by atoms with Gasteiger partial charge in [0, 0.05) is 30.8 Å². The van der Waals surface area contributed by atoms with E-state index in [1.807, 2.05) is 6.07 Å². The minimum absolute atomic E-state index is 0.152. The number of fused-ring (bicyclic) bond motifs is 1. The summed E-state index contributed by atoms with van der Waals surface area (Å²) in [4.78, 5) is 37.8. The number of rotatable bonds is 5. The molecule has 158 valence electrons. The molecule has 3 N–H and O–H groups in total. The molecule has 4 rings (SSSR count). The van der Waals surface area contributed by atoms with E-state index >= 15 is 0 Å². The first-order chi connectivity index (χ1) is 14.4. The van der Waals surface area contributed by atoms with E-state index in [0.29, 0.717) is 23.6 Å². The van der Waals surface area contributed by atoms with E-state index in [1.54, 1.807) is 19.1 Å². The lowest BCUT2D eigenvalue weighted by Gasteiger charge is -2.14. The molecular formula is C20H21N3O7. The standard InChI is InChI=1S/C20H21N3O7/c1-11-9-23(20(27)22-19(11)26)18-7-13(24)14(30-18)4-5-17(25)21-8-12-2-3-15-16(6-12)29-10-28-15/h2-6,9,13-14,18,24H,7-8,10H2,1H3,(H,21,25)(H,22,26,27)/b5-4+/t13-,14+,18+/m0/s1. The van der Waals surface area contributed by atoms with E-state index in [2.05, 4.69) is 10.3 Å². The zero-order valence-electron chi connectivity index (χ0n) is 16.2. The van der Waals surface area contributed by atoms with Gasteiger partial charge in [-0.25, -0.2) is 4.79 Å². The highest BCUT2D eigenvalue weighted by atomic mass is 16.7. The number of aromatic nitrogens is 2. The lowest BCUT2D eigenvalue weighted by molar-refractivity contribution is -0.116. The lowest BCUT2D eigenvalue weighted by atomic mass is 10.1. The number of ether oxygens (including phenoxy) is 3. The molecule has 0 aliphatic carbocycles. The van der Waals surface area contributed by atoms with E-state index in [-0.39, 0.29) is 19.1 Å². The van der Waals surface area contributed by atoms with Gasteiger partial charge in [-0.1, -0.05) is 6.07 Å². The van der Waals surface area contributed by atoms with Gasteiger partial charge in [0.1, 0.15) is 12.3 Å². The molecule has 1 fully saturated rings. The van der Waals surface area contributed by atoms with Crippen molar-refractivity contribution >= 4 is 5.91 Å². The first-order valence-corrected chi connectivity index (χ1v) is 9.41. The molecule has 1 saturated heterocycles. The number of aliphatic hydroxyl groups is 1. The van der Waals surface area contributed by atoms with Crippen molar-refractivity contribution in [2.24, 2.45) is 0 Å². The van der Waals surface area contributed by atoms with Gasteiger partial charge in [-0.2, -0.15) is 0 Å². The summed E-state index contributed by atoms with van der Waals surface area (Å²) in [5.74, 6) is 0.950. The Morgan fingerprint density at radius 1 is 1.33 bits per heavy atom. The van der Waals surface area contributed by atoms with Crippen LogP contribution in [0.2, 0.25) is 0 Å². The van der Waals surface area contributed by atoms with E-state index < -0.39 is 29.7 Å². The second-order valence-electron chi connectivity index (χ2n) is 7.10. The fourth-order valence-electron chi connectivity index (χ4n) is 3.30. The number of aliphatic hydroxyl groups excluding tert-OH is 1. The van der Waals surface area contributed by atoms with Crippen LogP contribution in [0.15, 0.2) is 46.1 Å². The fourth-order valence-corrected chi connectivity index (χ4v) is 3.30. The topological polar surface area (TPSA) is 132 Å². The maximum absolute atomic E-state index is 12.1. The fraction of sp³-hybridized carbons (Fsp3) is 0.350.